The van der Waals surface area contributed by atoms with Crippen molar-refractivity contribution in [3.8, 4) is 0 Å². The molecule has 0 radical (unpaired) electrons. The van der Waals surface area contributed by atoms with Gasteiger partial charge in [0.2, 0.25) is 0 Å². The van der Waals surface area contributed by atoms with Gasteiger partial charge < -0.3 is 14.5 Å². The number of halogens is 1. The summed E-state index contributed by atoms with van der Waals surface area (Å²) in [5.41, 5.74) is 1.44. The molecule has 1 heterocycles. The van der Waals surface area contributed by atoms with E-state index in [0.717, 1.165) is 15.4 Å². The van der Waals surface area contributed by atoms with Crippen LogP contribution in [0.2, 0.25) is 0 Å². The van der Waals surface area contributed by atoms with Gasteiger partial charge in [-0.2, -0.15) is 0 Å². The van der Waals surface area contributed by atoms with Crippen molar-refractivity contribution in [1.29, 1.82) is 0 Å². The summed E-state index contributed by atoms with van der Waals surface area (Å²) in [5, 5.41) is 3.55. The quantitative estimate of drug-likeness (QED) is 0.838. The van der Waals surface area contributed by atoms with Gasteiger partial charge in [-0.05, 0) is 32.0 Å². The van der Waals surface area contributed by atoms with E-state index in [1.165, 1.54) is 0 Å². The summed E-state index contributed by atoms with van der Waals surface area (Å²) >= 11 is 3.39. The van der Waals surface area contributed by atoms with Gasteiger partial charge in [0.1, 0.15) is 5.58 Å². The summed E-state index contributed by atoms with van der Waals surface area (Å²) in [7, 11) is 0. The first kappa shape index (κ1) is 15.6. The van der Waals surface area contributed by atoms with Crippen molar-refractivity contribution in [3.63, 3.8) is 0 Å². The molecule has 1 aromatic heterocycles. The van der Waals surface area contributed by atoms with Crippen LogP contribution in [0.4, 0.5) is 0 Å². The normalized spacial score (nSPS) is 10.6. The fraction of sp³-hybridized carbons (Fsp3) is 0.333. The Morgan fingerprint density at radius 3 is 2.86 bits per heavy atom. The number of fused-ring (bicyclic) bond motifs is 1. The minimum absolute atomic E-state index is 0.143. The minimum atomic E-state index is -0.331. The average molecular weight is 354 g/mol. The third kappa shape index (κ3) is 3.64. The van der Waals surface area contributed by atoms with E-state index < -0.39 is 0 Å². The average Bonchev–Trinajstić information content (AvgIpc) is 2.76. The fourth-order valence-electron chi connectivity index (χ4n) is 2.00. The number of rotatable bonds is 5. The fourth-order valence-corrected chi connectivity index (χ4v) is 2.36. The number of esters is 1. The van der Waals surface area contributed by atoms with Crippen molar-refractivity contribution >= 4 is 38.8 Å². The van der Waals surface area contributed by atoms with Crippen LogP contribution in [-0.2, 0) is 9.53 Å². The number of hydrogen-bond acceptors (Lipinski definition) is 4. The van der Waals surface area contributed by atoms with E-state index in [1.807, 2.05) is 25.1 Å². The summed E-state index contributed by atoms with van der Waals surface area (Å²) in [6.45, 7) is 4.13. The molecule has 0 aliphatic carbocycles. The first-order chi connectivity index (χ1) is 10.0. The topological polar surface area (TPSA) is 68.5 Å². The first-order valence-electron chi connectivity index (χ1n) is 6.65. The van der Waals surface area contributed by atoms with Crippen LogP contribution in [0.3, 0.4) is 0 Å². The second-order valence-electron chi connectivity index (χ2n) is 4.51. The number of amides is 1. The Bertz CT molecular complexity index is 678. The molecule has 112 valence electrons. The molecule has 0 spiro atoms. The zero-order valence-corrected chi connectivity index (χ0v) is 13.5. The van der Waals surface area contributed by atoms with Crippen molar-refractivity contribution in [2.75, 3.05) is 13.2 Å². The third-order valence-corrected chi connectivity index (χ3v) is 3.52. The maximum Gasteiger partial charge on any atom is 0.307 e. The molecule has 1 aromatic carbocycles. The number of furan rings is 1. The predicted octanol–water partition coefficient (Wildman–Crippen LogP) is 3.19. The van der Waals surface area contributed by atoms with Crippen molar-refractivity contribution in [2.24, 2.45) is 0 Å². The van der Waals surface area contributed by atoms with Crippen LogP contribution in [0.25, 0.3) is 11.0 Å². The lowest BCUT2D eigenvalue weighted by atomic mass is 10.1. The SMILES string of the molecule is CCOC(=O)CCNC(=O)c1oc2ccc(Br)cc2c1C. The Hall–Kier alpha value is -1.82. The summed E-state index contributed by atoms with van der Waals surface area (Å²) in [6, 6.07) is 5.57. The molecule has 0 bridgehead atoms. The number of benzene rings is 1. The Morgan fingerprint density at radius 1 is 1.38 bits per heavy atom. The van der Waals surface area contributed by atoms with Gasteiger partial charge >= 0.3 is 5.97 Å². The van der Waals surface area contributed by atoms with E-state index in [4.69, 9.17) is 9.15 Å². The smallest absolute Gasteiger partial charge is 0.307 e. The van der Waals surface area contributed by atoms with Gasteiger partial charge in [-0.25, -0.2) is 0 Å². The lowest BCUT2D eigenvalue weighted by Crippen LogP contribution is -2.26. The predicted molar refractivity (Wildman–Crippen MR) is 82.2 cm³/mol. The van der Waals surface area contributed by atoms with Gasteiger partial charge in [0.05, 0.1) is 13.0 Å². The van der Waals surface area contributed by atoms with Crippen molar-refractivity contribution in [3.05, 3.63) is 34.0 Å². The maximum absolute atomic E-state index is 12.1. The molecular formula is C15H16BrNO4. The largest absolute Gasteiger partial charge is 0.466 e. The minimum Gasteiger partial charge on any atom is -0.466 e. The summed E-state index contributed by atoms with van der Waals surface area (Å²) in [4.78, 5) is 23.3. The van der Waals surface area contributed by atoms with Crippen LogP contribution in [-0.4, -0.2) is 25.0 Å². The number of aryl methyl sites for hydroxylation is 1. The molecule has 2 aromatic rings. The van der Waals surface area contributed by atoms with E-state index in [2.05, 4.69) is 21.2 Å². The lowest BCUT2D eigenvalue weighted by Gasteiger charge is -2.03. The zero-order chi connectivity index (χ0) is 15.4. The molecule has 0 unspecified atom stereocenters. The number of carbonyl (C=O) groups is 2. The number of hydrogen-bond donors (Lipinski definition) is 1. The standard InChI is InChI=1S/C15H16BrNO4/c1-3-20-13(18)6-7-17-15(19)14-9(2)11-8-10(16)4-5-12(11)21-14/h4-5,8H,3,6-7H2,1-2H3,(H,17,19). The van der Waals surface area contributed by atoms with Crippen LogP contribution < -0.4 is 5.32 Å². The van der Waals surface area contributed by atoms with Crippen LogP contribution in [0.1, 0.15) is 29.5 Å². The van der Waals surface area contributed by atoms with E-state index in [0.29, 0.717) is 12.2 Å². The summed E-state index contributed by atoms with van der Waals surface area (Å²) in [6.07, 6.45) is 0.143. The molecule has 6 heteroatoms. The molecule has 0 atom stereocenters. The monoisotopic (exact) mass is 353 g/mol. The first-order valence-corrected chi connectivity index (χ1v) is 7.44. The van der Waals surface area contributed by atoms with Crippen molar-refractivity contribution < 1.29 is 18.7 Å². The van der Waals surface area contributed by atoms with Crippen LogP contribution in [0.15, 0.2) is 27.1 Å². The molecule has 1 N–H and O–H groups in total. The molecule has 21 heavy (non-hydrogen) atoms. The molecule has 0 fully saturated rings. The molecule has 5 nitrogen and oxygen atoms in total. The second kappa shape index (κ2) is 6.76. The number of nitrogens with one attached hydrogen (secondary N) is 1. The molecule has 1 amide bonds. The number of ether oxygens (including phenoxy) is 1. The Morgan fingerprint density at radius 2 is 2.14 bits per heavy atom. The molecule has 0 aliphatic heterocycles. The molecule has 0 saturated heterocycles. The van der Waals surface area contributed by atoms with Gasteiger partial charge in [0.15, 0.2) is 5.76 Å². The van der Waals surface area contributed by atoms with Gasteiger partial charge in [0.25, 0.3) is 5.91 Å². The van der Waals surface area contributed by atoms with E-state index >= 15 is 0 Å². The Balaban J connectivity index is 2.06. The summed E-state index contributed by atoms with van der Waals surface area (Å²) in [5.74, 6) is -0.390. The van der Waals surface area contributed by atoms with E-state index in [-0.39, 0.29) is 30.6 Å². The van der Waals surface area contributed by atoms with Crippen molar-refractivity contribution in [1.82, 2.24) is 5.32 Å². The van der Waals surface area contributed by atoms with Crippen LogP contribution in [0, 0.1) is 6.92 Å². The molecular weight excluding hydrogens is 338 g/mol. The highest BCUT2D eigenvalue weighted by molar-refractivity contribution is 9.10. The van der Waals surface area contributed by atoms with Gasteiger partial charge in [-0.15, -0.1) is 0 Å². The van der Waals surface area contributed by atoms with Gasteiger partial charge in [-0.1, -0.05) is 15.9 Å². The van der Waals surface area contributed by atoms with Gasteiger partial charge in [0, 0.05) is 22.0 Å². The van der Waals surface area contributed by atoms with Crippen molar-refractivity contribution in [2.45, 2.75) is 20.3 Å². The van der Waals surface area contributed by atoms with E-state index in [9.17, 15) is 9.59 Å². The molecule has 2 rings (SSSR count). The highest BCUT2D eigenvalue weighted by atomic mass is 79.9. The lowest BCUT2D eigenvalue weighted by molar-refractivity contribution is -0.142. The Labute approximate surface area is 130 Å². The Kier molecular flexibility index (Phi) is 5.01. The van der Waals surface area contributed by atoms with E-state index in [1.54, 1.807) is 6.92 Å². The highest BCUT2D eigenvalue weighted by Gasteiger charge is 2.17. The zero-order valence-electron chi connectivity index (χ0n) is 11.9. The van der Waals surface area contributed by atoms with Crippen LogP contribution in [0.5, 0.6) is 0 Å². The highest BCUT2D eigenvalue weighted by Crippen LogP contribution is 2.27. The maximum atomic E-state index is 12.1. The van der Waals surface area contributed by atoms with Crippen LogP contribution >= 0.6 is 15.9 Å². The molecule has 0 saturated carbocycles. The second-order valence-corrected chi connectivity index (χ2v) is 5.42. The summed E-state index contributed by atoms with van der Waals surface area (Å²) < 4.78 is 11.3. The third-order valence-electron chi connectivity index (χ3n) is 3.02. The van der Waals surface area contributed by atoms with Gasteiger partial charge in [-0.3, -0.25) is 9.59 Å². The molecule has 0 aliphatic rings. The number of carbonyl (C=O) groups excluding carboxylic acids is 2.